The van der Waals surface area contributed by atoms with Crippen LogP contribution in [0.15, 0.2) is 36.9 Å². The van der Waals surface area contributed by atoms with E-state index in [-0.39, 0.29) is 12.1 Å². The van der Waals surface area contributed by atoms with Gasteiger partial charge in [0.25, 0.3) is 5.91 Å². The number of carboxylic acids is 1. The highest BCUT2D eigenvalue weighted by atomic mass is 19.4. The Morgan fingerprint density at radius 2 is 1.80 bits per heavy atom. The summed E-state index contributed by atoms with van der Waals surface area (Å²) in [6.45, 7) is 2.84. The number of amides is 1. The first kappa shape index (κ1) is 15.7. The van der Waals surface area contributed by atoms with Gasteiger partial charge < -0.3 is 10.0 Å². The van der Waals surface area contributed by atoms with Crippen LogP contribution in [0, 0.1) is 0 Å². The topological polar surface area (TPSA) is 57.6 Å². The molecule has 1 amide bonds. The second-order valence-corrected chi connectivity index (χ2v) is 3.94. The van der Waals surface area contributed by atoms with E-state index < -0.39 is 30.2 Å². The maximum absolute atomic E-state index is 12.4. The van der Waals surface area contributed by atoms with Crippen molar-refractivity contribution in [1.82, 2.24) is 4.90 Å². The van der Waals surface area contributed by atoms with Crippen LogP contribution in [0.5, 0.6) is 0 Å². The van der Waals surface area contributed by atoms with Crippen LogP contribution in [0.4, 0.5) is 13.2 Å². The van der Waals surface area contributed by atoms with Crippen LogP contribution < -0.4 is 0 Å². The Hall–Kier alpha value is -2.31. The molecule has 7 heteroatoms. The standard InChI is InChI=1S/C13H12F3NO3/c1-2-7-17(8-11(18)19)12(20)9-3-5-10(6-4-9)13(14,15)16/h2-6H,1,7-8H2,(H,18,19). The van der Waals surface area contributed by atoms with Gasteiger partial charge in [-0.3, -0.25) is 9.59 Å². The lowest BCUT2D eigenvalue weighted by molar-refractivity contribution is -0.138. The maximum atomic E-state index is 12.4. The smallest absolute Gasteiger partial charge is 0.416 e. The molecule has 0 aromatic heterocycles. The van der Waals surface area contributed by atoms with Gasteiger partial charge in [0.05, 0.1) is 5.56 Å². The molecule has 0 saturated heterocycles. The molecule has 1 aromatic carbocycles. The third-order valence-electron chi connectivity index (χ3n) is 2.42. The third kappa shape index (κ3) is 4.11. The van der Waals surface area contributed by atoms with Crippen molar-refractivity contribution in [2.45, 2.75) is 6.18 Å². The van der Waals surface area contributed by atoms with Crippen molar-refractivity contribution in [3.63, 3.8) is 0 Å². The number of carbonyl (C=O) groups excluding carboxylic acids is 1. The quantitative estimate of drug-likeness (QED) is 0.846. The van der Waals surface area contributed by atoms with Gasteiger partial charge in [-0.05, 0) is 24.3 Å². The van der Waals surface area contributed by atoms with Crippen LogP contribution in [-0.2, 0) is 11.0 Å². The molecule has 108 valence electrons. The molecule has 0 unspecified atom stereocenters. The van der Waals surface area contributed by atoms with Crippen molar-refractivity contribution >= 4 is 11.9 Å². The average Bonchev–Trinajstić information content (AvgIpc) is 2.36. The van der Waals surface area contributed by atoms with E-state index in [9.17, 15) is 22.8 Å². The molecule has 0 aliphatic heterocycles. The first-order valence-corrected chi connectivity index (χ1v) is 5.55. The summed E-state index contributed by atoms with van der Waals surface area (Å²) in [4.78, 5) is 23.6. The minimum absolute atomic E-state index is 0.00778. The van der Waals surface area contributed by atoms with Gasteiger partial charge in [-0.2, -0.15) is 13.2 Å². The monoisotopic (exact) mass is 287 g/mol. The second kappa shape index (κ2) is 6.23. The van der Waals surface area contributed by atoms with Crippen molar-refractivity contribution in [3.05, 3.63) is 48.0 Å². The van der Waals surface area contributed by atoms with Gasteiger partial charge in [0, 0.05) is 12.1 Å². The molecule has 1 rings (SSSR count). The van der Waals surface area contributed by atoms with Crippen LogP contribution >= 0.6 is 0 Å². The Morgan fingerprint density at radius 3 is 2.20 bits per heavy atom. The van der Waals surface area contributed by atoms with E-state index in [1.54, 1.807) is 0 Å². The lowest BCUT2D eigenvalue weighted by Gasteiger charge is -2.19. The fraction of sp³-hybridized carbons (Fsp3) is 0.231. The van der Waals surface area contributed by atoms with Crippen molar-refractivity contribution in [3.8, 4) is 0 Å². The van der Waals surface area contributed by atoms with Gasteiger partial charge in [0.15, 0.2) is 0 Å². The van der Waals surface area contributed by atoms with Crippen molar-refractivity contribution in [1.29, 1.82) is 0 Å². The van der Waals surface area contributed by atoms with Gasteiger partial charge >= 0.3 is 12.1 Å². The largest absolute Gasteiger partial charge is 0.480 e. The fourth-order valence-electron chi connectivity index (χ4n) is 1.52. The molecule has 0 radical (unpaired) electrons. The Balaban J connectivity index is 2.94. The summed E-state index contributed by atoms with van der Waals surface area (Å²) in [6, 6.07) is 3.59. The van der Waals surface area contributed by atoms with Crippen molar-refractivity contribution < 1.29 is 27.9 Å². The molecule has 20 heavy (non-hydrogen) atoms. The number of benzene rings is 1. The Morgan fingerprint density at radius 1 is 1.25 bits per heavy atom. The Labute approximate surface area is 113 Å². The summed E-state index contributed by atoms with van der Waals surface area (Å²) in [5.41, 5.74) is -0.886. The molecule has 0 aliphatic carbocycles. The molecule has 0 bridgehead atoms. The van der Waals surface area contributed by atoms with Crippen molar-refractivity contribution in [2.75, 3.05) is 13.1 Å². The minimum Gasteiger partial charge on any atom is -0.480 e. The molecule has 0 heterocycles. The van der Waals surface area contributed by atoms with Crippen LogP contribution in [0.3, 0.4) is 0 Å². The molecule has 0 fully saturated rings. The number of rotatable bonds is 5. The first-order chi connectivity index (χ1) is 9.25. The van der Waals surface area contributed by atoms with E-state index in [4.69, 9.17) is 5.11 Å². The van der Waals surface area contributed by atoms with E-state index in [2.05, 4.69) is 6.58 Å². The molecule has 0 aliphatic rings. The van der Waals surface area contributed by atoms with Crippen molar-refractivity contribution in [2.24, 2.45) is 0 Å². The van der Waals surface area contributed by atoms with Crippen LogP contribution in [0.2, 0.25) is 0 Å². The summed E-state index contributed by atoms with van der Waals surface area (Å²) in [7, 11) is 0. The molecular weight excluding hydrogens is 275 g/mol. The van der Waals surface area contributed by atoms with Gasteiger partial charge in [0.1, 0.15) is 6.54 Å². The van der Waals surface area contributed by atoms with Crippen LogP contribution in [-0.4, -0.2) is 35.0 Å². The van der Waals surface area contributed by atoms with Gasteiger partial charge in [0.2, 0.25) is 0 Å². The lowest BCUT2D eigenvalue weighted by atomic mass is 10.1. The Bertz CT molecular complexity index is 509. The zero-order chi connectivity index (χ0) is 15.3. The highest BCUT2D eigenvalue weighted by molar-refractivity contribution is 5.96. The Kier molecular flexibility index (Phi) is 4.90. The zero-order valence-corrected chi connectivity index (χ0v) is 10.4. The molecule has 1 aromatic rings. The number of carbonyl (C=O) groups is 2. The third-order valence-corrected chi connectivity index (χ3v) is 2.42. The number of alkyl halides is 3. The predicted octanol–water partition coefficient (Wildman–Crippen LogP) is 2.42. The molecule has 0 atom stereocenters. The summed E-state index contributed by atoms with van der Waals surface area (Å²) < 4.78 is 37.2. The molecule has 0 spiro atoms. The van der Waals surface area contributed by atoms with E-state index in [0.717, 1.165) is 29.2 Å². The normalized spacial score (nSPS) is 10.9. The average molecular weight is 287 g/mol. The van der Waals surface area contributed by atoms with Gasteiger partial charge in [-0.25, -0.2) is 0 Å². The summed E-state index contributed by atoms with van der Waals surface area (Å²) in [5, 5.41) is 8.68. The number of nitrogens with zero attached hydrogens (tertiary/aromatic N) is 1. The minimum atomic E-state index is -4.48. The SMILES string of the molecule is C=CCN(CC(=O)O)C(=O)c1ccc(C(F)(F)F)cc1. The summed E-state index contributed by atoms with van der Waals surface area (Å²) in [5.74, 6) is -1.88. The predicted molar refractivity (Wildman–Crippen MR) is 65.2 cm³/mol. The zero-order valence-electron chi connectivity index (χ0n) is 10.4. The van der Waals surface area contributed by atoms with Gasteiger partial charge in [-0.15, -0.1) is 6.58 Å². The highest BCUT2D eigenvalue weighted by Crippen LogP contribution is 2.29. The highest BCUT2D eigenvalue weighted by Gasteiger charge is 2.30. The van der Waals surface area contributed by atoms with Crippen LogP contribution in [0.25, 0.3) is 0 Å². The summed E-state index contributed by atoms with van der Waals surface area (Å²) >= 11 is 0. The van der Waals surface area contributed by atoms with E-state index >= 15 is 0 Å². The number of halogens is 3. The molecule has 1 N–H and O–H groups in total. The van der Waals surface area contributed by atoms with E-state index in [1.807, 2.05) is 0 Å². The van der Waals surface area contributed by atoms with E-state index in [1.165, 1.54) is 6.08 Å². The molecular formula is C13H12F3NO3. The summed E-state index contributed by atoms with van der Waals surface area (Å²) in [6.07, 6.45) is -3.14. The number of aliphatic carboxylic acids is 1. The maximum Gasteiger partial charge on any atom is 0.416 e. The number of carboxylic acid groups (broad SMARTS) is 1. The lowest BCUT2D eigenvalue weighted by Crippen LogP contribution is -2.35. The van der Waals surface area contributed by atoms with Gasteiger partial charge in [-0.1, -0.05) is 6.08 Å². The fourth-order valence-corrected chi connectivity index (χ4v) is 1.52. The van der Waals surface area contributed by atoms with E-state index in [0.29, 0.717) is 0 Å². The second-order valence-electron chi connectivity index (χ2n) is 3.94. The first-order valence-electron chi connectivity index (χ1n) is 5.55. The number of hydrogen-bond acceptors (Lipinski definition) is 2. The molecule has 0 saturated carbocycles. The molecule has 4 nitrogen and oxygen atoms in total. The van der Waals surface area contributed by atoms with Crippen LogP contribution in [0.1, 0.15) is 15.9 Å². The number of hydrogen-bond donors (Lipinski definition) is 1.